The van der Waals surface area contributed by atoms with Crippen LogP contribution in [0.25, 0.3) is 0 Å². The van der Waals surface area contributed by atoms with E-state index in [1.165, 1.54) is 0 Å². The highest BCUT2D eigenvalue weighted by Gasteiger charge is 2.02. The van der Waals surface area contributed by atoms with Crippen LogP contribution in [0.4, 0.5) is 5.95 Å². The number of hydrogen-bond acceptors (Lipinski definition) is 5. The first-order valence-corrected chi connectivity index (χ1v) is 4.85. The summed E-state index contributed by atoms with van der Waals surface area (Å²) in [4.78, 5) is 7.97. The Labute approximate surface area is 89.1 Å². The van der Waals surface area contributed by atoms with Crippen LogP contribution in [0.3, 0.4) is 0 Å². The molecule has 1 unspecified atom stereocenters. The van der Waals surface area contributed by atoms with Gasteiger partial charge >= 0.3 is 0 Å². The summed E-state index contributed by atoms with van der Waals surface area (Å²) in [5, 5.41) is 11.6. The number of nitrogens with one attached hydrogen (secondary N) is 1. The lowest BCUT2D eigenvalue weighted by Crippen LogP contribution is -2.20. The van der Waals surface area contributed by atoms with Gasteiger partial charge in [-0.2, -0.15) is 5.26 Å². The average Bonchev–Trinajstić information content (AvgIpc) is 2.27. The highest BCUT2D eigenvalue weighted by molar-refractivity contribution is 5.29. The van der Waals surface area contributed by atoms with Crippen LogP contribution in [-0.2, 0) is 4.74 Å². The van der Waals surface area contributed by atoms with Crippen molar-refractivity contribution in [1.82, 2.24) is 9.97 Å². The Morgan fingerprint density at radius 1 is 1.67 bits per heavy atom. The summed E-state index contributed by atoms with van der Waals surface area (Å²) >= 11 is 0. The quantitative estimate of drug-likeness (QED) is 0.783. The Balaban J connectivity index is 2.47. The van der Waals surface area contributed by atoms with E-state index in [4.69, 9.17) is 10.00 Å². The normalized spacial score (nSPS) is 11.8. The number of aromatic nitrogens is 2. The summed E-state index contributed by atoms with van der Waals surface area (Å²) in [6.07, 6.45) is 1.66. The molecule has 0 bridgehead atoms. The largest absolute Gasteiger partial charge is 0.377 e. The maximum atomic E-state index is 8.63. The number of nitrogens with zero attached hydrogens (tertiary/aromatic N) is 3. The van der Waals surface area contributed by atoms with Crippen molar-refractivity contribution in [2.75, 3.05) is 18.5 Å². The second-order valence-electron chi connectivity index (χ2n) is 3.02. The minimum atomic E-state index is 0.101. The zero-order valence-corrected chi connectivity index (χ0v) is 8.90. The molecule has 0 aliphatic heterocycles. The van der Waals surface area contributed by atoms with E-state index in [9.17, 15) is 0 Å². The van der Waals surface area contributed by atoms with Crippen molar-refractivity contribution in [3.05, 3.63) is 18.0 Å². The summed E-state index contributed by atoms with van der Waals surface area (Å²) in [6, 6.07) is 3.52. The van der Waals surface area contributed by atoms with Gasteiger partial charge in [0, 0.05) is 19.3 Å². The molecule has 0 saturated carbocycles. The van der Waals surface area contributed by atoms with Crippen molar-refractivity contribution in [1.29, 1.82) is 5.26 Å². The van der Waals surface area contributed by atoms with Crippen LogP contribution >= 0.6 is 0 Å². The van der Waals surface area contributed by atoms with Crippen LogP contribution in [-0.4, -0.2) is 29.2 Å². The van der Waals surface area contributed by atoms with E-state index in [1.54, 1.807) is 12.3 Å². The molecule has 0 saturated heterocycles. The van der Waals surface area contributed by atoms with Gasteiger partial charge < -0.3 is 10.1 Å². The van der Waals surface area contributed by atoms with E-state index in [0.717, 1.165) is 0 Å². The lowest BCUT2D eigenvalue weighted by atomic mass is 10.4. The molecule has 0 aromatic carbocycles. The number of ether oxygens (including phenoxy) is 1. The predicted octanol–water partition coefficient (Wildman–Crippen LogP) is 1.19. The third kappa shape index (κ3) is 3.92. The highest BCUT2D eigenvalue weighted by atomic mass is 16.5. The van der Waals surface area contributed by atoms with E-state index in [1.807, 2.05) is 19.9 Å². The molecule has 0 aliphatic rings. The van der Waals surface area contributed by atoms with E-state index in [0.29, 0.717) is 24.8 Å². The zero-order chi connectivity index (χ0) is 11.1. The van der Waals surface area contributed by atoms with Crippen LogP contribution in [0.1, 0.15) is 19.5 Å². The Bertz CT molecular complexity index is 348. The van der Waals surface area contributed by atoms with Gasteiger partial charge in [-0.05, 0) is 19.9 Å². The molecule has 5 heteroatoms. The van der Waals surface area contributed by atoms with Crippen LogP contribution in [0.15, 0.2) is 12.3 Å². The fraction of sp³-hybridized carbons (Fsp3) is 0.500. The monoisotopic (exact) mass is 206 g/mol. The molecule has 0 aliphatic carbocycles. The first-order valence-electron chi connectivity index (χ1n) is 4.85. The topological polar surface area (TPSA) is 70.8 Å². The Morgan fingerprint density at radius 3 is 3.13 bits per heavy atom. The van der Waals surface area contributed by atoms with Crippen molar-refractivity contribution in [2.45, 2.75) is 20.0 Å². The van der Waals surface area contributed by atoms with Gasteiger partial charge in [0.25, 0.3) is 0 Å². The fourth-order valence-electron chi connectivity index (χ4n) is 1.08. The average molecular weight is 206 g/mol. The molecule has 1 N–H and O–H groups in total. The number of nitriles is 1. The summed E-state index contributed by atoms with van der Waals surface area (Å²) < 4.78 is 5.34. The number of rotatable bonds is 5. The second-order valence-corrected chi connectivity index (χ2v) is 3.02. The lowest BCUT2D eigenvalue weighted by Gasteiger charge is -2.12. The fourth-order valence-corrected chi connectivity index (χ4v) is 1.08. The summed E-state index contributed by atoms with van der Waals surface area (Å²) in [5.74, 6) is 0.459. The van der Waals surface area contributed by atoms with Crippen molar-refractivity contribution >= 4 is 5.95 Å². The molecule has 5 nitrogen and oxygen atoms in total. The highest BCUT2D eigenvalue weighted by Crippen LogP contribution is 2.00. The predicted molar refractivity (Wildman–Crippen MR) is 56.3 cm³/mol. The molecule has 0 fully saturated rings. The summed E-state index contributed by atoms with van der Waals surface area (Å²) in [7, 11) is 0. The van der Waals surface area contributed by atoms with Crippen LogP contribution in [0, 0.1) is 11.3 Å². The van der Waals surface area contributed by atoms with Crippen LogP contribution in [0.5, 0.6) is 0 Å². The summed E-state index contributed by atoms with van der Waals surface area (Å²) in [5.41, 5.74) is 0.358. The lowest BCUT2D eigenvalue weighted by molar-refractivity contribution is 0.0854. The van der Waals surface area contributed by atoms with E-state index in [-0.39, 0.29) is 6.10 Å². The molecule has 0 radical (unpaired) electrons. The van der Waals surface area contributed by atoms with Gasteiger partial charge in [0.15, 0.2) is 0 Å². The first kappa shape index (κ1) is 11.4. The molecule has 1 aromatic heterocycles. The van der Waals surface area contributed by atoms with Gasteiger partial charge in [-0.25, -0.2) is 9.97 Å². The van der Waals surface area contributed by atoms with Crippen molar-refractivity contribution in [3.63, 3.8) is 0 Å². The van der Waals surface area contributed by atoms with E-state index >= 15 is 0 Å². The molecule has 0 amide bonds. The second kappa shape index (κ2) is 5.94. The van der Waals surface area contributed by atoms with Gasteiger partial charge in [0.2, 0.25) is 5.95 Å². The van der Waals surface area contributed by atoms with Crippen molar-refractivity contribution in [2.24, 2.45) is 0 Å². The molecule has 1 heterocycles. The van der Waals surface area contributed by atoms with E-state index < -0.39 is 0 Å². The van der Waals surface area contributed by atoms with Crippen molar-refractivity contribution < 1.29 is 4.74 Å². The Morgan fingerprint density at radius 2 is 2.47 bits per heavy atom. The molecular weight excluding hydrogens is 192 g/mol. The number of hydrogen-bond donors (Lipinski definition) is 1. The van der Waals surface area contributed by atoms with Crippen molar-refractivity contribution in [3.8, 4) is 6.07 Å². The van der Waals surface area contributed by atoms with Crippen LogP contribution in [0.2, 0.25) is 0 Å². The third-order valence-electron chi connectivity index (χ3n) is 1.77. The minimum absolute atomic E-state index is 0.101. The SMILES string of the molecule is CCOC(C)CNc1nccc(C#N)n1. The molecule has 15 heavy (non-hydrogen) atoms. The molecule has 0 spiro atoms. The van der Waals surface area contributed by atoms with Gasteiger partial charge in [0.05, 0.1) is 6.10 Å². The first-order chi connectivity index (χ1) is 7.26. The molecule has 1 rings (SSSR count). The summed E-state index contributed by atoms with van der Waals surface area (Å²) in [6.45, 7) is 5.22. The molecule has 1 aromatic rings. The van der Waals surface area contributed by atoms with Gasteiger partial charge in [-0.3, -0.25) is 0 Å². The molecular formula is C10H14N4O. The molecule has 80 valence electrons. The van der Waals surface area contributed by atoms with Gasteiger partial charge in [0.1, 0.15) is 11.8 Å². The van der Waals surface area contributed by atoms with Gasteiger partial charge in [-0.15, -0.1) is 0 Å². The van der Waals surface area contributed by atoms with Crippen LogP contribution < -0.4 is 5.32 Å². The maximum Gasteiger partial charge on any atom is 0.223 e. The zero-order valence-electron chi connectivity index (χ0n) is 8.90. The Hall–Kier alpha value is -1.67. The third-order valence-corrected chi connectivity index (χ3v) is 1.77. The standard InChI is InChI=1S/C10H14N4O/c1-3-15-8(2)7-13-10-12-5-4-9(6-11)14-10/h4-5,8H,3,7H2,1-2H3,(H,12,13,14). The van der Waals surface area contributed by atoms with E-state index in [2.05, 4.69) is 15.3 Å². The maximum absolute atomic E-state index is 8.63. The minimum Gasteiger partial charge on any atom is -0.377 e. The number of anilines is 1. The van der Waals surface area contributed by atoms with Gasteiger partial charge in [-0.1, -0.05) is 0 Å². The smallest absolute Gasteiger partial charge is 0.223 e. The Kier molecular flexibility index (Phi) is 4.51. The molecule has 1 atom stereocenters.